The summed E-state index contributed by atoms with van der Waals surface area (Å²) >= 11 is 0. The van der Waals surface area contributed by atoms with Crippen LogP contribution in [-0.2, 0) is 6.54 Å². The number of aromatic hydroxyl groups is 1. The third kappa shape index (κ3) is 3.06. The molecule has 3 rings (SSSR count). The van der Waals surface area contributed by atoms with Crippen molar-refractivity contribution in [3.63, 3.8) is 0 Å². The van der Waals surface area contributed by atoms with Gasteiger partial charge in [0.25, 0.3) is 11.5 Å². The van der Waals surface area contributed by atoms with Crippen LogP contribution in [0, 0.1) is 6.92 Å². The number of fused-ring (bicyclic) bond motifs is 1. The highest BCUT2D eigenvalue weighted by molar-refractivity contribution is 5.93. The molecule has 0 aliphatic rings. The minimum absolute atomic E-state index is 0.00752. The molecule has 3 aromatic rings. The molecule has 6 nitrogen and oxygen atoms in total. The zero-order valence-electron chi connectivity index (χ0n) is 12.5. The van der Waals surface area contributed by atoms with Crippen LogP contribution in [0.4, 0.5) is 0 Å². The van der Waals surface area contributed by atoms with Gasteiger partial charge >= 0.3 is 0 Å². The fraction of sp³-hybridized carbons (Fsp3) is 0.118. The summed E-state index contributed by atoms with van der Waals surface area (Å²) in [5, 5.41) is 11.9. The molecule has 0 unspecified atom stereocenters. The first-order chi connectivity index (χ1) is 11.0. The van der Waals surface area contributed by atoms with Crippen LogP contribution in [0.2, 0.25) is 0 Å². The summed E-state index contributed by atoms with van der Waals surface area (Å²) in [5.41, 5.74) is 1.81. The Balaban J connectivity index is 1.84. The van der Waals surface area contributed by atoms with Gasteiger partial charge in [0.05, 0.1) is 0 Å². The van der Waals surface area contributed by atoms with Gasteiger partial charge in [-0.1, -0.05) is 18.2 Å². The average molecular weight is 309 g/mol. The second-order valence-electron chi connectivity index (χ2n) is 5.26. The van der Waals surface area contributed by atoms with Crippen LogP contribution in [-0.4, -0.2) is 20.4 Å². The van der Waals surface area contributed by atoms with Crippen LogP contribution in [0.25, 0.3) is 5.65 Å². The molecule has 116 valence electrons. The highest BCUT2D eigenvalue weighted by Gasteiger charge is 2.13. The van der Waals surface area contributed by atoms with E-state index >= 15 is 0 Å². The number of hydrogen-bond donors (Lipinski definition) is 2. The third-order valence-electron chi connectivity index (χ3n) is 3.48. The van der Waals surface area contributed by atoms with Crippen LogP contribution in [0.5, 0.6) is 5.75 Å². The number of carbonyl (C=O) groups excluding carboxylic acids is 1. The second kappa shape index (κ2) is 5.92. The van der Waals surface area contributed by atoms with Gasteiger partial charge in [-0.05, 0) is 36.2 Å². The highest BCUT2D eigenvalue weighted by Crippen LogP contribution is 2.09. The molecule has 1 aromatic carbocycles. The lowest BCUT2D eigenvalue weighted by Crippen LogP contribution is -2.31. The van der Waals surface area contributed by atoms with Gasteiger partial charge in [-0.2, -0.15) is 0 Å². The van der Waals surface area contributed by atoms with E-state index in [9.17, 15) is 14.7 Å². The predicted octanol–water partition coefficient (Wildman–Crippen LogP) is 1.64. The highest BCUT2D eigenvalue weighted by atomic mass is 16.3. The molecule has 1 amide bonds. The van der Waals surface area contributed by atoms with Crippen LogP contribution in [0.1, 0.15) is 21.5 Å². The maximum atomic E-state index is 12.4. The fourth-order valence-electron chi connectivity index (χ4n) is 2.23. The molecule has 0 spiro atoms. The maximum absolute atomic E-state index is 12.4. The first-order valence-electron chi connectivity index (χ1n) is 7.09. The Kier molecular flexibility index (Phi) is 3.80. The van der Waals surface area contributed by atoms with E-state index in [-0.39, 0.29) is 17.9 Å². The van der Waals surface area contributed by atoms with Crippen LogP contribution >= 0.6 is 0 Å². The zero-order chi connectivity index (χ0) is 16.4. The summed E-state index contributed by atoms with van der Waals surface area (Å²) in [6.07, 6.45) is 2.95. The number of aryl methyl sites for hydroxylation is 1. The topological polar surface area (TPSA) is 83.7 Å². The number of phenolic OH excluding ortho intramolecular Hbond substituents is 1. The molecular formula is C17H15N3O3. The molecule has 23 heavy (non-hydrogen) atoms. The normalized spacial score (nSPS) is 10.7. The van der Waals surface area contributed by atoms with Crippen molar-refractivity contribution >= 4 is 11.6 Å². The molecule has 6 heteroatoms. The number of nitrogens with zero attached hydrogens (tertiary/aromatic N) is 2. The monoisotopic (exact) mass is 309 g/mol. The van der Waals surface area contributed by atoms with Crippen molar-refractivity contribution < 1.29 is 9.90 Å². The van der Waals surface area contributed by atoms with E-state index in [4.69, 9.17) is 0 Å². The summed E-state index contributed by atoms with van der Waals surface area (Å²) < 4.78 is 1.37. The van der Waals surface area contributed by atoms with E-state index in [0.29, 0.717) is 5.65 Å². The van der Waals surface area contributed by atoms with E-state index in [1.165, 1.54) is 22.7 Å². The summed E-state index contributed by atoms with van der Waals surface area (Å²) in [6, 6.07) is 10.1. The molecule has 0 saturated heterocycles. The van der Waals surface area contributed by atoms with Crippen LogP contribution in [0.15, 0.2) is 53.6 Å². The van der Waals surface area contributed by atoms with Crippen LogP contribution in [0.3, 0.4) is 0 Å². The van der Waals surface area contributed by atoms with Crippen molar-refractivity contribution in [2.45, 2.75) is 13.5 Å². The van der Waals surface area contributed by atoms with Gasteiger partial charge in [0.1, 0.15) is 17.0 Å². The standard InChI is InChI=1S/C17H15N3O3/c1-11-2-7-15-18-9-14(17(23)20(15)10-11)16(22)19-8-12-3-5-13(21)6-4-12/h2-7,9-10,21H,8H2,1H3,(H,19,22). The van der Waals surface area contributed by atoms with Gasteiger partial charge in [0.2, 0.25) is 0 Å². The van der Waals surface area contributed by atoms with Gasteiger partial charge in [0, 0.05) is 18.9 Å². The van der Waals surface area contributed by atoms with E-state index in [1.807, 2.05) is 13.0 Å². The first-order valence-corrected chi connectivity index (χ1v) is 7.09. The van der Waals surface area contributed by atoms with Gasteiger partial charge in [-0.25, -0.2) is 4.98 Å². The van der Waals surface area contributed by atoms with Crippen molar-refractivity contribution in [3.05, 3.63) is 75.8 Å². The van der Waals surface area contributed by atoms with Crippen molar-refractivity contribution in [2.75, 3.05) is 0 Å². The maximum Gasteiger partial charge on any atom is 0.270 e. The third-order valence-corrected chi connectivity index (χ3v) is 3.48. The molecule has 0 aliphatic heterocycles. The molecule has 2 N–H and O–H groups in total. The van der Waals surface area contributed by atoms with E-state index in [0.717, 1.165) is 11.1 Å². The quantitative estimate of drug-likeness (QED) is 0.770. The molecule has 0 atom stereocenters. The second-order valence-corrected chi connectivity index (χ2v) is 5.26. The Bertz CT molecular complexity index is 930. The lowest BCUT2D eigenvalue weighted by Gasteiger charge is -2.07. The van der Waals surface area contributed by atoms with E-state index in [2.05, 4.69) is 10.3 Å². The number of carbonyl (C=O) groups is 1. The number of aromatic nitrogens is 2. The Hall–Kier alpha value is -3.15. The van der Waals surface area contributed by atoms with Gasteiger partial charge in [0.15, 0.2) is 0 Å². The Morgan fingerprint density at radius 3 is 2.70 bits per heavy atom. The van der Waals surface area contributed by atoms with Gasteiger partial charge in [-0.3, -0.25) is 14.0 Å². The van der Waals surface area contributed by atoms with E-state index in [1.54, 1.807) is 24.4 Å². The number of pyridine rings is 1. The number of benzene rings is 1. The predicted molar refractivity (Wildman–Crippen MR) is 85.5 cm³/mol. The molecule has 0 aliphatic carbocycles. The fourth-order valence-corrected chi connectivity index (χ4v) is 2.23. The largest absolute Gasteiger partial charge is 0.508 e. The van der Waals surface area contributed by atoms with Crippen molar-refractivity contribution in [3.8, 4) is 5.75 Å². The SMILES string of the molecule is Cc1ccc2ncc(C(=O)NCc3ccc(O)cc3)c(=O)n2c1. The van der Waals surface area contributed by atoms with Gasteiger partial charge < -0.3 is 10.4 Å². The Labute approximate surface area is 132 Å². The molecule has 0 fully saturated rings. The lowest BCUT2D eigenvalue weighted by molar-refractivity contribution is 0.0949. The number of hydrogen-bond acceptors (Lipinski definition) is 4. The number of phenols is 1. The summed E-state index contributed by atoms with van der Waals surface area (Å²) in [4.78, 5) is 28.8. The number of rotatable bonds is 3. The van der Waals surface area contributed by atoms with Crippen LogP contribution < -0.4 is 10.9 Å². The van der Waals surface area contributed by atoms with Crippen molar-refractivity contribution in [1.29, 1.82) is 0 Å². The number of amides is 1. The number of nitrogens with one attached hydrogen (secondary N) is 1. The van der Waals surface area contributed by atoms with E-state index < -0.39 is 11.5 Å². The minimum Gasteiger partial charge on any atom is -0.508 e. The smallest absolute Gasteiger partial charge is 0.270 e. The lowest BCUT2D eigenvalue weighted by atomic mass is 10.2. The molecule has 2 aromatic heterocycles. The Morgan fingerprint density at radius 1 is 1.22 bits per heavy atom. The Morgan fingerprint density at radius 2 is 1.96 bits per heavy atom. The molecule has 0 radical (unpaired) electrons. The molecule has 0 bridgehead atoms. The summed E-state index contributed by atoms with van der Waals surface area (Å²) in [7, 11) is 0. The average Bonchev–Trinajstić information content (AvgIpc) is 2.55. The summed E-state index contributed by atoms with van der Waals surface area (Å²) in [6.45, 7) is 2.12. The van der Waals surface area contributed by atoms with Gasteiger partial charge in [-0.15, -0.1) is 0 Å². The first kappa shape index (κ1) is 14.8. The molecule has 2 heterocycles. The molecule has 0 saturated carbocycles. The van der Waals surface area contributed by atoms with Crippen molar-refractivity contribution in [2.24, 2.45) is 0 Å². The summed E-state index contributed by atoms with van der Waals surface area (Å²) in [5.74, 6) is -0.320. The minimum atomic E-state index is -0.480. The molecular weight excluding hydrogens is 294 g/mol. The van der Waals surface area contributed by atoms with Crippen molar-refractivity contribution in [1.82, 2.24) is 14.7 Å². The zero-order valence-corrected chi connectivity index (χ0v) is 12.5.